The fraction of sp³-hybridized carbons (Fsp3) is 0.480. The molecule has 0 unspecified atom stereocenters. The number of fused-ring (bicyclic) bond motifs is 3. The number of imidazole rings is 1. The third-order valence-electron chi connectivity index (χ3n) is 7.74. The number of carbonyl (C=O) groups is 1. The lowest BCUT2D eigenvalue weighted by Crippen LogP contribution is -2.35. The molecule has 3 N–H and O–H groups in total. The zero-order chi connectivity index (χ0) is 24.9. The third kappa shape index (κ3) is 4.30. The van der Waals surface area contributed by atoms with Gasteiger partial charge < -0.3 is 19.9 Å². The van der Waals surface area contributed by atoms with Crippen molar-refractivity contribution in [1.29, 1.82) is 0 Å². The van der Waals surface area contributed by atoms with Crippen molar-refractivity contribution >= 4 is 44.2 Å². The topological polar surface area (TPSA) is 129 Å². The normalized spacial score (nSPS) is 18.4. The fourth-order valence-corrected chi connectivity index (χ4v) is 6.30. The molecule has 2 aliphatic heterocycles. The van der Waals surface area contributed by atoms with Crippen LogP contribution in [0.4, 0.5) is 17.1 Å². The van der Waals surface area contributed by atoms with Gasteiger partial charge in [-0.3, -0.25) is 9.52 Å². The van der Waals surface area contributed by atoms with Gasteiger partial charge in [0, 0.05) is 32.3 Å². The first kappa shape index (κ1) is 23.2. The van der Waals surface area contributed by atoms with Crippen LogP contribution in [0, 0.1) is 5.41 Å². The Morgan fingerprint density at radius 3 is 2.67 bits per heavy atom. The molecule has 36 heavy (non-hydrogen) atoms. The molecule has 2 fully saturated rings. The lowest BCUT2D eigenvalue weighted by molar-refractivity contribution is 0.102. The van der Waals surface area contributed by atoms with Gasteiger partial charge in [0.1, 0.15) is 11.3 Å². The Hall–Kier alpha value is -3.18. The van der Waals surface area contributed by atoms with E-state index in [1.165, 1.54) is 12.8 Å². The highest BCUT2D eigenvalue weighted by Crippen LogP contribution is 2.54. The first-order chi connectivity index (χ1) is 17.4. The Kier molecular flexibility index (Phi) is 5.64. The van der Waals surface area contributed by atoms with Crippen LogP contribution in [0.3, 0.4) is 0 Å². The second kappa shape index (κ2) is 8.74. The third-order valence-corrected chi connectivity index (χ3v) is 9.01. The molecule has 0 bridgehead atoms. The number of aliphatic hydroxyl groups is 1. The number of anilines is 3. The maximum Gasteiger partial charge on any atom is 0.257 e. The van der Waals surface area contributed by atoms with Crippen molar-refractivity contribution in [3.8, 4) is 0 Å². The maximum absolute atomic E-state index is 13.6. The largest absolute Gasteiger partial charge is 0.395 e. The van der Waals surface area contributed by atoms with Gasteiger partial charge in [-0.2, -0.15) is 0 Å². The van der Waals surface area contributed by atoms with Crippen LogP contribution in [-0.2, 0) is 23.0 Å². The number of aliphatic hydroxyl groups excluding tert-OH is 1. The fourth-order valence-electron chi connectivity index (χ4n) is 5.47. The van der Waals surface area contributed by atoms with Crippen LogP contribution in [0.1, 0.15) is 48.3 Å². The predicted octanol–water partition coefficient (Wildman–Crippen LogP) is 2.74. The molecule has 0 radical (unpaired) electrons. The molecule has 6 rings (SSSR count). The molecule has 3 aromatic rings. The Morgan fingerprint density at radius 1 is 1.11 bits per heavy atom. The predicted molar refractivity (Wildman–Crippen MR) is 138 cm³/mol. The van der Waals surface area contributed by atoms with E-state index in [9.17, 15) is 13.2 Å². The van der Waals surface area contributed by atoms with Crippen LogP contribution < -0.4 is 14.9 Å². The number of nitrogens with zero attached hydrogens (tertiary/aromatic N) is 4. The number of hydrogen-bond donors (Lipinski definition) is 3. The minimum atomic E-state index is -3.68. The minimum Gasteiger partial charge on any atom is -0.395 e. The highest BCUT2D eigenvalue weighted by Gasteiger charge is 2.44. The zero-order valence-corrected chi connectivity index (χ0v) is 20.9. The van der Waals surface area contributed by atoms with Gasteiger partial charge in [-0.15, -0.1) is 0 Å². The SMILES string of the molecule is O=C(Nc1ccnc2c1nc1n2CCC1)c1ccc(NS(=O)(=O)CCO)cc1N1CCC2(CC1)CC2. The molecule has 1 amide bonds. The molecule has 1 aromatic carbocycles. The Morgan fingerprint density at radius 2 is 1.92 bits per heavy atom. The van der Waals surface area contributed by atoms with Crippen LogP contribution in [0.25, 0.3) is 11.2 Å². The summed E-state index contributed by atoms with van der Waals surface area (Å²) in [6, 6.07) is 6.74. The Bertz CT molecular complexity index is 1440. The number of aryl methyl sites for hydroxylation is 2. The van der Waals surface area contributed by atoms with Crippen molar-refractivity contribution in [2.75, 3.05) is 40.4 Å². The molecular weight excluding hydrogens is 480 g/mol. The summed E-state index contributed by atoms with van der Waals surface area (Å²) in [5.41, 5.74) is 4.08. The summed E-state index contributed by atoms with van der Waals surface area (Å²) in [7, 11) is -3.68. The highest BCUT2D eigenvalue weighted by atomic mass is 32.2. The monoisotopic (exact) mass is 510 g/mol. The summed E-state index contributed by atoms with van der Waals surface area (Å²) in [5.74, 6) is 0.326. The molecule has 2 aromatic heterocycles. The second-order valence-corrected chi connectivity index (χ2v) is 12.0. The summed E-state index contributed by atoms with van der Waals surface area (Å²) in [6.45, 7) is 2.06. The van der Waals surface area contributed by atoms with Crippen molar-refractivity contribution in [3.63, 3.8) is 0 Å². The van der Waals surface area contributed by atoms with Crippen molar-refractivity contribution in [3.05, 3.63) is 41.9 Å². The molecule has 3 aliphatic rings. The van der Waals surface area contributed by atoms with Gasteiger partial charge in [0.2, 0.25) is 10.0 Å². The van der Waals surface area contributed by atoms with Gasteiger partial charge in [-0.1, -0.05) is 0 Å². The molecule has 0 atom stereocenters. The molecule has 1 saturated carbocycles. The lowest BCUT2D eigenvalue weighted by atomic mass is 9.93. The number of piperidine rings is 1. The van der Waals surface area contributed by atoms with E-state index in [1.54, 1.807) is 30.5 Å². The summed E-state index contributed by atoms with van der Waals surface area (Å²) >= 11 is 0. The van der Waals surface area contributed by atoms with Crippen LogP contribution in [0.2, 0.25) is 0 Å². The van der Waals surface area contributed by atoms with Crippen LogP contribution in [-0.4, -0.2) is 59.4 Å². The summed E-state index contributed by atoms with van der Waals surface area (Å²) < 4.78 is 29.1. The van der Waals surface area contributed by atoms with Crippen molar-refractivity contribution in [2.45, 2.75) is 45.1 Å². The molecule has 11 heteroatoms. The number of rotatable bonds is 7. The van der Waals surface area contributed by atoms with E-state index in [2.05, 4.69) is 24.5 Å². The van der Waals surface area contributed by atoms with Gasteiger partial charge in [-0.25, -0.2) is 18.4 Å². The first-order valence-corrected chi connectivity index (χ1v) is 14.2. The summed E-state index contributed by atoms with van der Waals surface area (Å²) in [5, 5.41) is 12.1. The van der Waals surface area contributed by atoms with Gasteiger partial charge >= 0.3 is 0 Å². The van der Waals surface area contributed by atoms with Crippen molar-refractivity contribution < 1.29 is 18.3 Å². The van der Waals surface area contributed by atoms with Crippen LogP contribution in [0.15, 0.2) is 30.5 Å². The minimum absolute atomic E-state index is 0.276. The number of nitrogens with one attached hydrogen (secondary N) is 2. The van der Waals surface area contributed by atoms with E-state index >= 15 is 0 Å². The summed E-state index contributed by atoms with van der Waals surface area (Å²) in [6.07, 6.45) is 8.30. The van der Waals surface area contributed by atoms with Gasteiger partial charge in [0.15, 0.2) is 5.65 Å². The zero-order valence-electron chi connectivity index (χ0n) is 20.0. The summed E-state index contributed by atoms with van der Waals surface area (Å²) in [4.78, 5) is 25.0. The van der Waals surface area contributed by atoms with E-state index in [0.717, 1.165) is 56.8 Å². The second-order valence-electron chi connectivity index (χ2n) is 10.1. The first-order valence-electron chi connectivity index (χ1n) is 12.5. The number of pyridine rings is 1. The highest BCUT2D eigenvalue weighted by molar-refractivity contribution is 7.92. The Labute approximate surface area is 209 Å². The molecule has 190 valence electrons. The van der Waals surface area contributed by atoms with E-state index in [-0.39, 0.29) is 11.7 Å². The average Bonchev–Trinajstić information content (AvgIpc) is 3.27. The van der Waals surface area contributed by atoms with E-state index in [4.69, 9.17) is 10.1 Å². The standard InChI is InChI=1S/C25H30N6O4S/c32-14-15-36(34,35)29-17-3-4-18(20(16-17)30-12-8-25(6-7-25)9-13-30)24(33)27-19-5-10-26-23-22(19)28-21-2-1-11-31(21)23/h3-5,10,16,29,32H,1-2,6-9,11-15H2,(H,26,27,33). The number of sulfonamides is 1. The van der Waals surface area contributed by atoms with Crippen molar-refractivity contribution in [1.82, 2.24) is 14.5 Å². The average molecular weight is 511 g/mol. The lowest BCUT2D eigenvalue weighted by Gasteiger charge is -2.35. The number of carbonyl (C=O) groups excluding carboxylic acids is 1. The maximum atomic E-state index is 13.6. The van der Waals surface area contributed by atoms with Crippen molar-refractivity contribution in [2.24, 2.45) is 5.41 Å². The van der Waals surface area contributed by atoms with E-state index in [0.29, 0.717) is 33.6 Å². The van der Waals surface area contributed by atoms with Crippen LogP contribution >= 0.6 is 0 Å². The van der Waals surface area contributed by atoms with Gasteiger partial charge in [0.25, 0.3) is 5.91 Å². The smallest absolute Gasteiger partial charge is 0.257 e. The van der Waals surface area contributed by atoms with E-state index in [1.807, 2.05) is 0 Å². The van der Waals surface area contributed by atoms with Crippen LogP contribution in [0.5, 0.6) is 0 Å². The number of aromatic nitrogens is 3. The molecule has 1 aliphatic carbocycles. The molecule has 1 saturated heterocycles. The molecule has 4 heterocycles. The number of benzene rings is 1. The number of amides is 1. The number of hydrogen-bond acceptors (Lipinski definition) is 7. The Balaban J connectivity index is 1.32. The quantitative estimate of drug-likeness (QED) is 0.446. The van der Waals surface area contributed by atoms with Gasteiger partial charge in [-0.05, 0) is 61.8 Å². The molecular formula is C25H30N6O4S. The molecule has 10 nitrogen and oxygen atoms in total. The van der Waals surface area contributed by atoms with E-state index < -0.39 is 16.6 Å². The molecule has 1 spiro atoms. The van der Waals surface area contributed by atoms with Gasteiger partial charge in [0.05, 0.1) is 35.0 Å².